The molecule has 0 heterocycles. The summed E-state index contributed by atoms with van der Waals surface area (Å²) >= 11 is 0. The number of rotatable bonds is 3. The molecule has 0 aliphatic heterocycles. The minimum atomic E-state index is -0.131. The molecule has 1 aliphatic carbocycles. The maximum absolute atomic E-state index is 11.4. The Hall–Kier alpha value is -1.71. The van der Waals surface area contributed by atoms with Crippen LogP contribution in [0, 0.1) is 0 Å². The maximum Gasteiger partial charge on any atom is 0.315 e. The van der Waals surface area contributed by atoms with Gasteiger partial charge < -0.3 is 15.7 Å². The molecule has 2 rings (SSSR count). The number of nitrogens with one attached hydrogen (secondary N) is 2. The second-order valence-corrected chi connectivity index (χ2v) is 4.12. The minimum absolute atomic E-state index is 0.131. The fraction of sp³-hybridized carbons (Fsp3) is 0.417. The Kier molecular flexibility index (Phi) is 3.29. The van der Waals surface area contributed by atoms with Crippen LogP contribution in [0.1, 0.15) is 24.8 Å². The van der Waals surface area contributed by atoms with E-state index < -0.39 is 0 Å². The molecule has 0 saturated heterocycles. The molecule has 0 spiro atoms. The molecule has 2 amide bonds. The molecule has 0 unspecified atom stereocenters. The van der Waals surface area contributed by atoms with Gasteiger partial charge in [0.25, 0.3) is 0 Å². The Morgan fingerprint density at radius 3 is 2.88 bits per heavy atom. The number of aromatic hydroxyl groups is 1. The Morgan fingerprint density at radius 1 is 1.44 bits per heavy atom. The largest absolute Gasteiger partial charge is 0.508 e. The summed E-state index contributed by atoms with van der Waals surface area (Å²) < 4.78 is 0. The molecule has 4 nitrogen and oxygen atoms in total. The third-order valence-corrected chi connectivity index (χ3v) is 2.80. The van der Waals surface area contributed by atoms with Gasteiger partial charge in [-0.2, -0.15) is 0 Å². The molecule has 0 bridgehead atoms. The van der Waals surface area contributed by atoms with E-state index in [1.54, 1.807) is 18.2 Å². The zero-order valence-electron chi connectivity index (χ0n) is 9.07. The fourth-order valence-corrected chi connectivity index (χ4v) is 1.64. The molecule has 1 aromatic rings. The molecular formula is C12H16N2O2. The van der Waals surface area contributed by atoms with Crippen LogP contribution in [-0.4, -0.2) is 17.2 Å². The van der Waals surface area contributed by atoms with Crippen LogP contribution in [-0.2, 0) is 6.54 Å². The number of hydrogen-bond donors (Lipinski definition) is 3. The van der Waals surface area contributed by atoms with Crippen molar-refractivity contribution in [3.8, 4) is 5.75 Å². The average Bonchev–Trinajstić information content (AvgIpc) is 2.21. The van der Waals surface area contributed by atoms with E-state index >= 15 is 0 Å². The molecule has 0 radical (unpaired) electrons. The van der Waals surface area contributed by atoms with Gasteiger partial charge in [0, 0.05) is 12.6 Å². The molecule has 16 heavy (non-hydrogen) atoms. The number of carbonyl (C=O) groups excluding carboxylic acids is 1. The molecule has 1 aromatic carbocycles. The van der Waals surface area contributed by atoms with Crippen molar-refractivity contribution in [2.75, 3.05) is 0 Å². The highest BCUT2D eigenvalue weighted by Gasteiger charge is 2.18. The number of amides is 2. The van der Waals surface area contributed by atoms with Crippen LogP contribution in [0.4, 0.5) is 4.79 Å². The second-order valence-electron chi connectivity index (χ2n) is 4.12. The highest BCUT2D eigenvalue weighted by molar-refractivity contribution is 5.74. The second kappa shape index (κ2) is 4.88. The van der Waals surface area contributed by atoms with Gasteiger partial charge in [0.05, 0.1) is 0 Å². The fourth-order valence-electron chi connectivity index (χ4n) is 1.64. The topological polar surface area (TPSA) is 61.4 Å². The highest BCUT2D eigenvalue weighted by atomic mass is 16.3. The van der Waals surface area contributed by atoms with Crippen molar-refractivity contribution >= 4 is 6.03 Å². The summed E-state index contributed by atoms with van der Waals surface area (Å²) in [6.45, 7) is 0.437. The van der Waals surface area contributed by atoms with E-state index in [0.717, 1.165) is 18.4 Å². The first kappa shape index (κ1) is 10.8. The molecule has 86 valence electrons. The summed E-state index contributed by atoms with van der Waals surface area (Å²) in [6.07, 6.45) is 3.37. The number of urea groups is 1. The van der Waals surface area contributed by atoms with Crippen molar-refractivity contribution in [1.82, 2.24) is 10.6 Å². The van der Waals surface area contributed by atoms with Gasteiger partial charge in [-0.15, -0.1) is 0 Å². The monoisotopic (exact) mass is 220 g/mol. The van der Waals surface area contributed by atoms with Crippen LogP contribution in [0.5, 0.6) is 5.75 Å². The van der Waals surface area contributed by atoms with E-state index in [-0.39, 0.29) is 11.8 Å². The van der Waals surface area contributed by atoms with E-state index in [4.69, 9.17) is 0 Å². The standard InChI is InChI=1S/C12H16N2O2/c15-11-6-1-3-9(7-11)8-13-12(16)14-10-4-2-5-10/h1,3,6-7,10,15H,2,4-5,8H2,(H2,13,14,16). The third-order valence-electron chi connectivity index (χ3n) is 2.80. The first-order chi connectivity index (χ1) is 7.74. The van der Waals surface area contributed by atoms with Gasteiger partial charge in [-0.25, -0.2) is 4.79 Å². The first-order valence-electron chi connectivity index (χ1n) is 5.56. The Labute approximate surface area is 94.7 Å². The lowest BCUT2D eigenvalue weighted by Gasteiger charge is -2.26. The smallest absolute Gasteiger partial charge is 0.315 e. The highest BCUT2D eigenvalue weighted by Crippen LogP contribution is 2.17. The van der Waals surface area contributed by atoms with Gasteiger partial charge in [-0.05, 0) is 37.0 Å². The van der Waals surface area contributed by atoms with E-state index in [1.807, 2.05) is 6.07 Å². The Morgan fingerprint density at radius 2 is 2.25 bits per heavy atom. The van der Waals surface area contributed by atoms with Crippen molar-refractivity contribution in [2.24, 2.45) is 0 Å². The van der Waals surface area contributed by atoms with Gasteiger partial charge in [-0.1, -0.05) is 12.1 Å². The lowest BCUT2D eigenvalue weighted by molar-refractivity contribution is 0.228. The average molecular weight is 220 g/mol. The van der Waals surface area contributed by atoms with Crippen LogP contribution in [0.25, 0.3) is 0 Å². The van der Waals surface area contributed by atoms with Crippen LogP contribution in [0.3, 0.4) is 0 Å². The van der Waals surface area contributed by atoms with E-state index in [9.17, 15) is 9.90 Å². The summed E-state index contributed by atoms with van der Waals surface area (Å²) in [6, 6.07) is 7.10. The van der Waals surface area contributed by atoms with Crippen molar-refractivity contribution in [2.45, 2.75) is 31.8 Å². The van der Waals surface area contributed by atoms with Gasteiger partial charge in [-0.3, -0.25) is 0 Å². The lowest BCUT2D eigenvalue weighted by atomic mass is 9.93. The van der Waals surface area contributed by atoms with Crippen molar-refractivity contribution in [1.29, 1.82) is 0 Å². The van der Waals surface area contributed by atoms with Gasteiger partial charge >= 0.3 is 6.03 Å². The Bertz CT molecular complexity index is 375. The maximum atomic E-state index is 11.4. The van der Waals surface area contributed by atoms with Crippen LogP contribution in [0.15, 0.2) is 24.3 Å². The SMILES string of the molecule is O=C(NCc1cccc(O)c1)NC1CCC1. The van der Waals surface area contributed by atoms with Crippen molar-refractivity contribution < 1.29 is 9.90 Å². The molecule has 0 aromatic heterocycles. The molecule has 4 heteroatoms. The molecule has 1 saturated carbocycles. The quantitative estimate of drug-likeness (QED) is 0.726. The summed E-state index contributed by atoms with van der Waals surface area (Å²) in [5.41, 5.74) is 0.892. The zero-order valence-corrected chi connectivity index (χ0v) is 9.07. The van der Waals surface area contributed by atoms with E-state index in [2.05, 4.69) is 10.6 Å². The van der Waals surface area contributed by atoms with Crippen molar-refractivity contribution in [3.63, 3.8) is 0 Å². The number of phenols is 1. The predicted octanol–water partition coefficient (Wildman–Crippen LogP) is 1.74. The van der Waals surface area contributed by atoms with Crippen LogP contribution >= 0.6 is 0 Å². The molecule has 3 N–H and O–H groups in total. The summed E-state index contributed by atoms with van der Waals surface area (Å²) in [5, 5.41) is 14.9. The number of phenolic OH excluding ortho intramolecular Hbond substituents is 1. The number of carbonyl (C=O) groups is 1. The van der Waals surface area contributed by atoms with E-state index in [0.29, 0.717) is 12.6 Å². The molecule has 1 fully saturated rings. The third kappa shape index (κ3) is 2.89. The summed E-state index contributed by atoms with van der Waals surface area (Å²) in [4.78, 5) is 11.4. The lowest BCUT2D eigenvalue weighted by Crippen LogP contribution is -2.44. The van der Waals surface area contributed by atoms with E-state index in [1.165, 1.54) is 6.42 Å². The Balaban J connectivity index is 1.75. The number of benzene rings is 1. The van der Waals surface area contributed by atoms with Gasteiger partial charge in [0.2, 0.25) is 0 Å². The van der Waals surface area contributed by atoms with Crippen molar-refractivity contribution in [3.05, 3.63) is 29.8 Å². The van der Waals surface area contributed by atoms with Gasteiger partial charge in [0.15, 0.2) is 0 Å². The first-order valence-corrected chi connectivity index (χ1v) is 5.56. The minimum Gasteiger partial charge on any atom is -0.508 e. The predicted molar refractivity (Wildman–Crippen MR) is 61.1 cm³/mol. The van der Waals surface area contributed by atoms with Crippen LogP contribution < -0.4 is 10.6 Å². The summed E-state index contributed by atoms with van der Waals surface area (Å²) in [5.74, 6) is 0.221. The molecular weight excluding hydrogens is 204 g/mol. The van der Waals surface area contributed by atoms with Gasteiger partial charge in [0.1, 0.15) is 5.75 Å². The normalized spacial score (nSPS) is 15.2. The van der Waals surface area contributed by atoms with Crippen LogP contribution in [0.2, 0.25) is 0 Å². The summed E-state index contributed by atoms with van der Waals surface area (Å²) in [7, 11) is 0. The number of hydrogen-bond acceptors (Lipinski definition) is 2. The molecule has 0 atom stereocenters. The molecule has 1 aliphatic rings. The zero-order chi connectivity index (χ0) is 11.4.